The second-order valence-electron chi connectivity index (χ2n) is 3.65. The van der Waals surface area contributed by atoms with E-state index in [2.05, 4.69) is 15.0 Å². The lowest BCUT2D eigenvalue weighted by Crippen LogP contribution is -2.13. The van der Waals surface area contributed by atoms with Gasteiger partial charge < -0.3 is 21.5 Å². The first-order chi connectivity index (χ1) is 8.54. The van der Waals surface area contributed by atoms with Crippen molar-refractivity contribution < 1.29 is 14.3 Å². The van der Waals surface area contributed by atoms with Gasteiger partial charge in [-0.3, -0.25) is 4.79 Å². The van der Waals surface area contributed by atoms with Crippen molar-refractivity contribution in [2.24, 2.45) is 5.73 Å². The van der Waals surface area contributed by atoms with Crippen LogP contribution >= 0.6 is 0 Å². The minimum absolute atomic E-state index is 0.254. The average molecular weight is 252 g/mol. The summed E-state index contributed by atoms with van der Waals surface area (Å²) in [5.41, 5.74) is 11.1. The molecule has 1 aromatic rings. The van der Waals surface area contributed by atoms with E-state index < -0.39 is 5.97 Å². The molecule has 1 aromatic heterocycles. The van der Waals surface area contributed by atoms with Gasteiger partial charge in [-0.2, -0.15) is 0 Å². The van der Waals surface area contributed by atoms with Crippen molar-refractivity contribution in [3.8, 4) is 0 Å². The Morgan fingerprint density at radius 2 is 2.22 bits per heavy atom. The van der Waals surface area contributed by atoms with E-state index in [0.29, 0.717) is 25.2 Å². The van der Waals surface area contributed by atoms with Gasteiger partial charge in [0.05, 0.1) is 24.6 Å². The zero-order chi connectivity index (χ0) is 13.5. The Morgan fingerprint density at radius 1 is 1.50 bits per heavy atom. The number of nitrogens with zero attached hydrogens (tertiary/aromatic N) is 1. The van der Waals surface area contributed by atoms with Crippen molar-refractivity contribution in [1.29, 1.82) is 0 Å². The molecule has 0 atom stereocenters. The third-order valence-corrected chi connectivity index (χ3v) is 2.25. The van der Waals surface area contributed by atoms with Crippen LogP contribution in [0.25, 0.3) is 0 Å². The first-order valence-corrected chi connectivity index (χ1v) is 5.40. The molecule has 0 spiro atoms. The van der Waals surface area contributed by atoms with Gasteiger partial charge in [-0.05, 0) is 12.5 Å². The Balaban J connectivity index is 2.62. The monoisotopic (exact) mass is 252 g/mol. The van der Waals surface area contributed by atoms with Gasteiger partial charge in [0, 0.05) is 13.0 Å². The molecule has 7 heteroatoms. The van der Waals surface area contributed by atoms with E-state index in [0.717, 1.165) is 0 Å². The highest BCUT2D eigenvalue weighted by molar-refractivity contribution is 5.95. The highest BCUT2D eigenvalue weighted by Gasteiger charge is 2.11. The maximum absolute atomic E-state index is 11.4. The van der Waals surface area contributed by atoms with Crippen LogP contribution in [0.15, 0.2) is 12.3 Å². The first-order valence-electron chi connectivity index (χ1n) is 5.40. The smallest absolute Gasteiger partial charge is 0.340 e. The second-order valence-corrected chi connectivity index (χ2v) is 3.65. The van der Waals surface area contributed by atoms with Crippen LogP contribution in [0.3, 0.4) is 0 Å². The van der Waals surface area contributed by atoms with Crippen molar-refractivity contribution in [3.63, 3.8) is 0 Å². The molecule has 0 radical (unpaired) electrons. The highest BCUT2D eigenvalue weighted by Crippen LogP contribution is 2.15. The van der Waals surface area contributed by atoms with E-state index in [1.54, 1.807) is 0 Å². The quantitative estimate of drug-likeness (QED) is 0.488. The first kappa shape index (κ1) is 13.8. The number of esters is 1. The SMILES string of the molecule is COC(=O)c1cc(NCCCC(N)=O)ncc1N. The number of nitrogens with one attached hydrogen (secondary N) is 1. The van der Waals surface area contributed by atoms with Gasteiger partial charge in [-0.15, -0.1) is 0 Å². The van der Waals surface area contributed by atoms with Gasteiger partial charge in [0.25, 0.3) is 0 Å². The average Bonchev–Trinajstić information content (AvgIpc) is 2.35. The molecule has 0 aliphatic rings. The zero-order valence-corrected chi connectivity index (χ0v) is 10.1. The van der Waals surface area contributed by atoms with Gasteiger partial charge in [0.2, 0.25) is 5.91 Å². The molecular weight excluding hydrogens is 236 g/mol. The lowest BCUT2D eigenvalue weighted by Gasteiger charge is -2.08. The summed E-state index contributed by atoms with van der Waals surface area (Å²) in [6.07, 6.45) is 2.27. The topological polar surface area (TPSA) is 120 Å². The van der Waals surface area contributed by atoms with Crippen LogP contribution in [0.2, 0.25) is 0 Å². The maximum atomic E-state index is 11.4. The Kier molecular flexibility index (Phi) is 4.91. The normalized spacial score (nSPS) is 9.83. The zero-order valence-electron chi connectivity index (χ0n) is 10.1. The van der Waals surface area contributed by atoms with Crippen LogP contribution in [0.1, 0.15) is 23.2 Å². The van der Waals surface area contributed by atoms with Crippen molar-refractivity contribution in [2.45, 2.75) is 12.8 Å². The molecule has 1 heterocycles. The summed E-state index contributed by atoms with van der Waals surface area (Å²) in [5, 5.41) is 2.96. The summed E-state index contributed by atoms with van der Waals surface area (Å²) in [5.74, 6) is -0.374. The molecule has 18 heavy (non-hydrogen) atoms. The van der Waals surface area contributed by atoms with E-state index >= 15 is 0 Å². The lowest BCUT2D eigenvalue weighted by molar-refractivity contribution is -0.118. The number of anilines is 2. The van der Waals surface area contributed by atoms with Crippen LogP contribution < -0.4 is 16.8 Å². The fourth-order valence-corrected chi connectivity index (χ4v) is 1.33. The predicted molar refractivity (Wildman–Crippen MR) is 66.9 cm³/mol. The molecule has 98 valence electrons. The third-order valence-electron chi connectivity index (χ3n) is 2.25. The number of nitrogens with two attached hydrogens (primary N) is 2. The van der Waals surface area contributed by atoms with Gasteiger partial charge >= 0.3 is 5.97 Å². The largest absolute Gasteiger partial charge is 0.465 e. The number of methoxy groups -OCH3 is 1. The number of hydrogen-bond donors (Lipinski definition) is 3. The molecule has 0 aliphatic carbocycles. The summed E-state index contributed by atoms with van der Waals surface area (Å²) in [4.78, 5) is 25.9. The molecule has 5 N–H and O–H groups in total. The molecule has 0 bridgehead atoms. The van der Waals surface area contributed by atoms with E-state index in [4.69, 9.17) is 11.5 Å². The molecule has 0 unspecified atom stereocenters. The Morgan fingerprint density at radius 3 is 2.83 bits per heavy atom. The predicted octanol–water partition coefficient (Wildman–Crippen LogP) is 0.128. The Hall–Kier alpha value is -2.31. The number of aromatic nitrogens is 1. The fraction of sp³-hybridized carbons (Fsp3) is 0.364. The number of nitrogen functional groups attached to an aromatic ring is 1. The number of pyridine rings is 1. The molecule has 0 saturated heterocycles. The molecule has 0 fully saturated rings. The third kappa shape index (κ3) is 3.93. The van der Waals surface area contributed by atoms with Gasteiger partial charge in [-0.1, -0.05) is 0 Å². The second kappa shape index (κ2) is 6.43. The van der Waals surface area contributed by atoms with E-state index in [-0.39, 0.29) is 17.2 Å². The summed E-state index contributed by atoms with van der Waals surface area (Å²) < 4.78 is 4.59. The molecular formula is C11H16N4O3. The van der Waals surface area contributed by atoms with Crippen LogP contribution in [0.4, 0.5) is 11.5 Å². The summed E-state index contributed by atoms with van der Waals surface area (Å²) >= 11 is 0. The molecule has 0 saturated carbocycles. The maximum Gasteiger partial charge on any atom is 0.340 e. The number of carbonyl (C=O) groups excluding carboxylic acids is 2. The van der Waals surface area contributed by atoms with Crippen molar-refractivity contribution in [1.82, 2.24) is 4.98 Å². The number of carbonyl (C=O) groups is 2. The molecule has 7 nitrogen and oxygen atoms in total. The standard InChI is InChI=1S/C11H16N4O3/c1-18-11(17)7-5-10(15-6-8(7)12)14-4-2-3-9(13)16/h5-6H,2-4,12H2,1H3,(H2,13,16)(H,14,15). The summed E-state index contributed by atoms with van der Waals surface area (Å²) in [6, 6.07) is 1.51. The van der Waals surface area contributed by atoms with E-state index in [9.17, 15) is 9.59 Å². The molecule has 0 aliphatic heterocycles. The highest BCUT2D eigenvalue weighted by atomic mass is 16.5. The van der Waals surface area contributed by atoms with Crippen molar-refractivity contribution in [2.75, 3.05) is 24.7 Å². The lowest BCUT2D eigenvalue weighted by atomic mass is 10.2. The minimum atomic E-state index is -0.518. The molecule has 1 rings (SSSR count). The van der Waals surface area contributed by atoms with E-state index in [1.807, 2.05) is 0 Å². The van der Waals surface area contributed by atoms with Gasteiger partial charge in [0.1, 0.15) is 5.82 Å². The van der Waals surface area contributed by atoms with Crippen molar-refractivity contribution >= 4 is 23.4 Å². The fourth-order valence-electron chi connectivity index (χ4n) is 1.33. The number of rotatable bonds is 6. The van der Waals surface area contributed by atoms with Crippen LogP contribution in [-0.4, -0.2) is 30.5 Å². The van der Waals surface area contributed by atoms with Crippen LogP contribution in [0, 0.1) is 0 Å². The Bertz CT molecular complexity index is 448. The van der Waals surface area contributed by atoms with Crippen LogP contribution in [0.5, 0.6) is 0 Å². The summed E-state index contributed by atoms with van der Waals surface area (Å²) in [7, 11) is 1.28. The number of amides is 1. The van der Waals surface area contributed by atoms with Gasteiger partial charge in [-0.25, -0.2) is 9.78 Å². The number of primary amides is 1. The van der Waals surface area contributed by atoms with E-state index in [1.165, 1.54) is 19.4 Å². The van der Waals surface area contributed by atoms with Gasteiger partial charge in [0.15, 0.2) is 0 Å². The number of ether oxygens (including phenoxy) is 1. The Labute approximate surface area is 105 Å². The van der Waals surface area contributed by atoms with Crippen LogP contribution in [-0.2, 0) is 9.53 Å². The number of hydrogen-bond acceptors (Lipinski definition) is 6. The van der Waals surface area contributed by atoms with Crippen molar-refractivity contribution in [3.05, 3.63) is 17.8 Å². The molecule has 0 aromatic carbocycles. The summed E-state index contributed by atoms with van der Waals surface area (Å²) in [6.45, 7) is 0.528. The molecule has 1 amide bonds. The minimum Gasteiger partial charge on any atom is -0.465 e.